The van der Waals surface area contributed by atoms with Crippen molar-refractivity contribution in [2.75, 3.05) is 18.6 Å². The van der Waals surface area contributed by atoms with Crippen LogP contribution >= 0.6 is 11.6 Å². The van der Waals surface area contributed by atoms with Crippen molar-refractivity contribution in [1.29, 1.82) is 0 Å². The van der Waals surface area contributed by atoms with Crippen LogP contribution in [0.2, 0.25) is 31.0 Å². The van der Waals surface area contributed by atoms with Gasteiger partial charge < -0.3 is 14.4 Å². The number of carbonyl (C=O) groups is 1. The van der Waals surface area contributed by atoms with Crippen LogP contribution < -0.4 is 4.90 Å². The highest BCUT2D eigenvalue weighted by Crippen LogP contribution is 2.35. The van der Waals surface area contributed by atoms with Crippen LogP contribution in [0.1, 0.15) is 13.3 Å². The zero-order chi connectivity index (χ0) is 23.2. The molecule has 0 aliphatic carbocycles. The van der Waals surface area contributed by atoms with Crippen molar-refractivity contribution in [2.24, 2.45) is 0 Å². The van der Waals surface area contributed by atoms with Gasteiger partial charge in [0.1, 0.15) is 19.0 Å². The molecule has 0 N–H and O–H groups in total. The summed E-state index contributed by atoms with van der Waals surface area (Å²) in [6.07, 6.45) is 4.40. The summed E-state index contributed by atoms with van der Waals surface area (Å²) in [5.74, 6) is -0.702. The largest absolute Gasteiger partial charge is 0.467 e. The Balaban J connectivity index is 2.40. The molecule has 0 amide bonds. The first-order chi connectivity index (χ1) is 14.6. The van der Waals surface area contributed by atoms with E-state index < -0.39 is 30.7 Å². The van der Waals surface area contributed by atoms with Crippen molar-refractivity contribution in [3.05, 3.63) is 34.0 Å². The Morgan fingerprint density at radius 3 is 2.68 bits per heavy atom. The molecule has 0 bridgehead atoms. The van der Waals surface area contributed by atoms with E-state index in [0.717, 1.165) is 12.2 Å². The van der Waals surface area contributed by atoms with Crippen LogP contribution in [-0.2, 0) is 21.0 Å². The van der Waals surface area contributed by atoms with Gasteiger partial charge in [-0.25, -0.2) is 14.5 Å². The molecule has 1 atom stereocenters. The van der Waals surface area contributed by atoms with Gasteiger partial charge in [-0.2, -0.15) is 10.1 Å². The quantitative estimate of drug-likeness (QED) is 0.121. The lowest BCUT2D eigenvalue weighted by Crippen LogP contribution is -2.39. The topological polar surface area (TPSA) is 126 Å². The third-order valence-electron chi connectivity index (χ3n) is 4.43. The summed E-state index contributed by atoms with van der Waals surface area (Å²) >= 11 is 5.92. The molecule has 0 aliphatic rings. The molecule has 2 heterocycles. The molecule has 0 radical (unpaired) electrons. The summed E-state index contributed by atoms with van der Waals surface area (Å²) in [7, 11) is 0.0342. The second-order valence-corrected chi connectivity index (χ2v) is 14.0. The fourth-order valence-electron chi connectivity index (χ4n) is 2.78. The van der Waals surface area contributed by atoms with Crippen LogP contribution in [0.15, 0.2) is 18.6 Å². The van der Waals surface area contributed by atoms with Crippen LogP contribution in [0.5, 0.6) is 0 Å². The van der Waals surface area contributed by atoms with Gasteiger partial charge in [0.05, 0.1) is 30.1 Å². The number of nitrogens with zero attached hydrogens (tertiary/aromatic N) is 6. The van der Waals surface area contributed by atoms with Gasteiger partial charge in [-0.3, -0.25) is 10.1 Å². The third-order valence-corrected chi connectivity index (χ3v) is 6.32. The van der Waals surface area contributed by atoms with E-state index in [1.54, 1.807) is 17.8 Å². The number of methoxy groups -OCH3 is 1. The molecule has 2 aromatic rings. The number of carbonyl (C=O) groups excluding carboxylic acids is 1. The van der Waals surface area contributed by atoms with E-state index in [-0.39, 0.29) is 17.8 Å². The smallest absolute Gasteiger partial charge is 0.330 e. The van der Waals surface area contributed by atoms with E-state index in [1.165, 1.54) is 18.2 Å². The van der Waals surface area contributed by atoms with Gasteiger partial charge in [0, 0.05) is 14.7 Å². The number of rotatable bonds is 11. The van der Waals surface area contributed by atoms with Crippen molar-refractivity contribution in [3.8, 4) is 0 Å². The van der Waals surface area contributed by atoms with Crippen molar-refractivity contribution in [2.45, 2.75) is 51.8 Å². The lowest BCUT2D eigenvalue weighted by Gasteiger charge is -2.28. The fourth-order valence-corrected chi connectivity index (χ4v) is 3.66. The summed E-state index contributed by atoms with van der Waals surface area (Å²) in [6.45, 7) is 9.36. The standard InChI is InChI=1S/C18H27ClN6O5Si/c1-6-14(17(26)29-2)24(16-15(25(27)28)10-20-18(19)22-16)13-9-21-23(11-13)12-30-7-8-31(3,4)5/h9-11,14H,6-8,12H2,1-5H3. The van der Waals surface area contributed by atoms with Crippen molar-refractivity contribution in [1.82, 2.24) is 19.7 Å². The number of ether oxygens (including phenoxy) is 2. The normalized spacial score (nSPS) is 12.5. The molecule has 0 fully saturated rings. The second kappa shape index (κ2) is 10.6. The Bertz CT molecular complexity index is 919. The summed E-state index contributed by atoms with van der Waals surface area (Å²) in [4.78, 5) is 32.5. The van der Waals surface area contributed by atoms with Crippen LogP contribution in [0.25, 0.3) is 0 Å². The van der Waals surface area contributed by atoms with E-state index in [2.05, 4.69) is 34.7 Å². The maximum Gasteiger partial charge on any atom is 0.330 e. The minimum atomic E-state index is -1.22. The van der Waals surface area contributed by atoms with Gasteiger partial charge in [0.25, 0.3) is 0 Å². The summed E-state index contributed by atoms with van der Waals surface area (Å²) in [6, 6.07) is 0.124. The Hall–Kier alpha value is -2.57. The first kappa shape index (κ1) is 24.7. The highest BCUT2D eigenvalue weighted by Gasteiger charge is 2.34. The third kappa shape index (κ3) is 6.70. The molecule has 0 spiro atoms. The maximum atomic E-state index is 12.5. The Kier molecular flexibility index (Phi) is 8.48. The molecule has 13 heteroatoms. The van der Waals surface area contributed by atoms with Gasteiger partial charge in [-0.05, 0) is 24.1 Å². The average molecular weight is 471 g/mol. The van der Waals surface area contributed by atoms with Gasteiger partial charge >= 0.3 is 11.7 Å². The van der Waals surface area contributed by atoms with E-state index in [1.807, 2.05) is 0 Å². The second-order valence-electron chi connectivity index (χ2n) is 8.01. The number of hydrogen-bond donors (Lipinski definition) is 0. The highest BCUT2D eigenvalue weighted by atomic mass is 35.5. The molecule has 0 aliphatic heterocycles. The molecule has 2 rings (SSSR count). The fraction of sp³-hybridized carbons (Fsp3) is 0.556. The SMILES string of the molecule is CCC(C(=O)OC)N(c1cnn(COCC[Si](C)(C)C)c1)c1nc(Cl)ncc1[N+](=O)[O-]. The molecule has 0 aromatic carbocycles. The summed E-state index contributed by atoms with van der Waals surface area (Å²) < 4.78 is 12.1. The monoisotopic (exact) mass is 470 g/mol. The Labute approximate surface area is 186 Å². The van der Waals surface area contributed by atoms with Crippen LogP contribution in [-0.4, -0.2) is 58.5 Å². The maximum absolute atomic E-state index is 12.5. The van der Waals surface area contributed by atoms with Crippen LogP contribution in [0.4, 0.5) is 17.2 Å². The predicted octanol–water partition coefficient (Wildman–Crippen LogP) is 3.64. The number of nitro groups is 1. The molecule has 0 saturated heterocycles. The van der Waals surface area contributed by atoms with E-state index in [4.69, 9.17) is 21.1 Å². The van der Waals surface area contributed by atoms with Crippen LogP contribution in [0.3, 0.4) is 0 Å². The molecule has 1 unspecified atom stereocenters. The molecule has 0 saturated carbocycles. The lowest BCUT2D eigenvalue weighted by molar-refractivity contribution is -0.384. The van der Waals surface area contributed by atoms with Gasteiger partial charge in [0.2, 0.25) is 11.1 Å². The summed E-state index contributed by atoms with van der Waals surface area (Å²) in [5, 5.41) is 15.7. The van der Waals surface area contributed by atoms with Gasteiger partial charge in [-0.15, -0.1) is 0 Å². The number of anilines is 2. The Morgan fingerprint density at radius 1 is 1.39 bits per heavy atom. The van der Waals surface area contributed by atoms with Crippen molar-refractivity contribution in [3.63, 3.8) is 0 Å². The molecule has 2 aromatic heterocycles. The van der Waals surface area contributed by atoms with E-state index in [0.29, 0.717) is 18.7 Å². The average Bonchev–Trinajstić information content (AvgIpc) is 3.16. The van der Waals surface area contributed by atoms with Gasteiger partial charge in [-0.1, -0.05) is 26.6 Å². The summed E-state index contributed by atoms with van der Waals surface area (Å²) in [5.41, 5.74) is 0.00908. The van der Waals surface area contributed by atoms with Gasteiger partial charge in [0.15, 0.2) is 0 Å². The molecular weight excluding hydrogens is 444 g/mol. The van der Waals surface area contributed by atoms with Crippen LogP contribution in [0, 0.1) is 10.1 Å². The molecule has 170 valence electrons. The lowest BCUT2D eigenvalue weighted by atomic mass is 10.1. The molecular formula is C18H27ClN6O5Si. The minimum Gasteiger partial charge on any atom is -0.467 e. The van der Waals surface area contributed by atoms with E-state index in [9.17, 15) is 14.9 Å². The first-order valence-corrected chi connectivity index (χ1v) is 13.8. The number of halogens is 1. The molecule has 31 heavy (non-hydrogen) atoms. The zero-order valence-corrected chi connectivity index (χ0v) is 20.0. The van der Waals surface area contributed by atoms with E-state index >= 15 is 0 Å². The predicted molar refractivity (Wildman–Crippen MR) is 118 cm³/mol. The van der Waals surface area contributed by atoms with Crippen molar-refractivity contribution >= 4 is 42.8 Å². The number of hydrogen-bond acceptors (Lipinski definition) is 9. The van der Waals surface area contributed by atoms with Crippen molar-refractivity contribution < 1.29 is 19.2 Å². The Morgan fingerprint density at radius 2 is 2.10 bits per heavy atom. The highest BCUT2D eigenvalue weighted by molar-refractivity contribution is 6.76. The minimum absolute atomic E-state index is 0.124. The molecule has 11 nitrogen and oxygen atoms in total. The first-order valence-electron chi connectivity index (χ1n) is 9.71. The number of esters is 1. The zero-order valence-electron chi connectivity index (χ0n) is 18.2. The number of aromatic nitrogens is 4.